The third-order valence-electron chi connectivity index (χ3n) is 3.18. The first-order chi connectivity index (χ1) is 7.85. The van der Waals surface area contributed by atoms with Crippen molar-refractivity contribution >= 4 is 0 Å². The Morgan fingerprint density at radius 2 is 2.19 bits per heavy atom. The van der Waals surface area contributed by atoms with Gasteiger partial charge in [0.25, 0.3) is 0 Å². The predicted molar refractivity (Wildman–Crippen MR) is 62.0 cm³/mol. The Morgan fingerprint density at radius 3 is 2.94 bits per heavy atom. The Morgan fingerprint density at radius 1 is 1.38 bits per heavy atom. The first-order valence-electron chi connectivity index (χ1n) is 5.71. The van der Waals surface area contributed by atoms with Crippen molar-refractivity contribution in [3.8, 4) is 11.8 Å². The maximum atomic E-state index is 8.96. The minimum absolute atomic E-state index is 0.180. The summed E-state index contributed by atoms with van der Waals surface area (Å²) in [6.07, 6.45) is 3.53. The Bertz CT molecular complexity index is 397. The number of hydrogen-bond donors (Lipinski definition) is 1. The van der Waals surface area contributed by atoms with E-state index in [1.165, 1.54) is 6.42 Å². The van der Waals surface area contributed by atoms with Crippen LogP contribution in [0.2, 0.25) is 0 Å². The van der Waals surface area contributed by atoms with Crippen molar-refractivity contribution in [2.75, 3.05) is 6.54 Å². The third kappa shape index (κ3) is 2.17. The van der Waals surface area contributed by atoms with Gasteiger partial charge in [0.1, 0.15) is 17.9 Å². The van der Waals surface area contributed by atoms with E-state index < -0.39 is 0 Å². The van der Waals surface area contributed by atoms with Gasteiger partial charge in [-0.05, 0) is 37.9 Å². The summed E-state index contributed by atoms with van der Waals surface area (Å²) in [7, 11) is 0. The van der Waals surface area contributed by atoms with Crippen LogP contribution in [-0.2, 0) is 0 Å². The molecule has 2 atom stereocenters. The van der Waals surface area contributed by atoms with Gasteiger partial charge in [0, 0.05) is 5.92 Å². The highest BCUT2D eigenvalue weighted by molar-refractivity contribution is 5.42. The van der Waals surface area contributed by atoms with Crippen molar-refractivity contribution in [2.24, 2.45) is 11.7 Å². The van der Waals surface area contributed by atoms with E-state index in [2.05, 4.69) is 6.07 Å². The minimum Gasteiger partial charge on any atom is -0.489 e. The van der Waals surface area contributed by atoms with Gasteiger partial charge < -0.3 is 10.5 Å². The minimum atomic E-state index is 0.180. The fourth-order valence-corrected chi connectivity index (χ4v) is 2.25. The Balaban J connectivity index is 2.12. The molecule has 1 aromatic carbocycles. The van der Waals surface area contributed by atoms with Gasteiger partial charge in [-0.2, -0.15) is 5.26 Å². The van der Waals surface area contributed by atoms with E-state index in [0.29, 0.717) is 23.8 Å². The molecule has 0 saturated heterocycles. The van der Waals surface area contributed by atoms with E-state index in [9.17, 15) is 0 Å². The Hall–Kier alpha value is -1.53. The number of nitrogens with two attached hydrogens (primary N) is 1. The van der Waals surface area contributed by atoms with E-state index in [1.54, 1.807) is 6.07 Å². The van der Waals surface area contributed by atoms with Gasteiger partial charge in [-0.1, -0.05) is 12.1 Å². The average molecular weight is 216 g/mol. The number of nitrogens with zero attached hydrogens (tertiary/aromatic N) is 1. The molecule has 1 aliphatic carbocycles. The fraction of sp³-hybridized carbons (Fsp3) is 0.462. The van der Waals surface area contributed by atoms with Gasteiger partial charge >= 0.3 is 0 Å². The second-order valence-corrected chi connectivity index (χ2v) is 4.19. The SMILES string of the molecule is N#Cc1ccccc1OC1CCCC1CN. The molecule has 84 valence electrons. The number of hydrogen-bond acceptors (Lipinski definition) is 3. The zero-order valence-electron chi connectivity index (χ0n) is 9.23. The van der Waals surface area contributed by atoms with E-state index >= 15 is 0 Å². The summed E-state index contributed by atoms with van der Waals surface area (Å²) in [4.78, 5) is 0. The van der Waals surface area contributed by atoms with Crippen molar-refractivity contribution in [1.82, 2.24) is 0 Å². The Kier molecular flexibility index (Phi) is 3.43. The zero-order valence-corrected chi connectivity index (χ0v) is 9.23. The van der Waals surface area contributed by atoms with Gasteiger partial charge in [0.2, 0.25) is 0 Å². The molecule has 0 aromatic heterocycles. The lowest BCUT2D eigenvalue weighted by atomic mass is 10.1. The molecule has 2 N–H and O–H groups in total. The zero-order chi connectivity index (χ0) is 11.4. The normalized spacial score (nSPS) is 24.0. The molecule has 0 aliphatic heterocycles. The first-order valence-corrected chi connectivity index (χ1v) is 5.71. The summed E-state index contributed by atoms with van der Waals surface area (Å²) in [6.45, 7) is 0.666. The molecular formula is C13H16N2O. The highest BCUT2D eigenvalue weighted by atomic mass is 16.5. The van der Waals surface area contributed by atoms with Crippen molar-refractivity contribution in [1.29, 1.82) is 5.26 Å². The second kappa shape index (κ2) is 5.00. The highest BCUT2D eigenvalue weighted by Crippen LogP contribution is 2.30. The molecule has 3 nitrogen and oxygen atoms in total. The summed E-state index contributed by atoms with van der Waals surface area (Å²) < 4.78 is 5.90. The maximum absolute atomic E-state index is 8.96. The molecule has 1 aliphatic rings. The Labute approximate surface area is 95.8 Å². The lowest BCUT2D eigenvalue weighted by molar-refractivity contribution is 0.162. The molecule has 1 saturated carbocycles. The number of nitriles is 1. The van der Waals surface area contributed by atoms with Gasteiger partial charge in [-0.25, -0.2) is 0 Å². The van der Waals surface area contributed by atoms with Crippen LogP contribution in [0.1, 0.15) is 24.8 Å². The molecule has 16 heavy (non-hydrogen) atoms. The standard InChI is InChI=1S/C13H16N2O/c14-8-10-4-1-2-6-12(10)16-13-7-3-5-11(13)9-15/h1-2,4,6,11,13H,3,5,7,9,15H2. The number of para-hydroxylation sites is 1. The second-order valence-electron chi connectivity index (χ2n) is 4.19. The van der Waals surface area contributed by atoms with Gasteiger partial charge in [-0.15, -0.1) is 0 Å². The van der Waals surface area contributed by atoms with E-state index in [4.69, 9.17) is 15.7 Å². The van der Waals surface area contributed by atoms with Gasteiger partial charge in [-0.3, -0.25) is 0 Å². The van der Waals surface area contributed by atoms with Crippen molar-refractivity contribution in [2.45, 2.75) is 25.4 Å². The van der Waals surface area contributed by atoms with Crippen molar-refractivity contribution in [3.63, 3.8) is 0 Å². The van der Waals surface area contributed by atoms with Crippen LogP contribution in [-0.4, -0.2) is 12.6 Å². The monoisotopic (exact) mass is 216 g/mol. The van der Waals surface area contributed by atoms with Crippen molar-refractivity contribution < 1.29 is 4.74 Å². The van der Waals surface area contributed by atoms with Crippen LogP contribution in [0, 0.1) is 17.2 Å². The van der Waals surface area contributed by atoms with Crippen LogP contribution >= 0.6 is 0 Å². The van der Waals surface area contributed by atoms with Crippen LogP contribution in [0.25, 0.3) is 0 Å². The molecule has 0 bridgehead atoms. The molecule has 0 radical (unpaired) electrons. The number of benzene rings is 1. The fourth-order valence-electron chi connectivity index (χ4n) is 2.25. The molecule has 3 heteroatoms. The van der Waals surface area contributed by atoms with Gasteiger partial charge in [0.05, 0.1) is 5.56 Å². The number of rotatable bonds is 3. The lowest BCUT2D eigenvalue weighted by Gasteiger charge is -2.20. The summed E-state index contributed by atoms with van der Waals surface area (Å²) >= 11 is 0. The lowest BCUT2D eigenvalue weighted by Crippen LogP contribution is -2.27. The molecule has 2 rings (SSSR count). The summed E-state index contributed by atoms with van der Waals surface area (Å²) in [6, 6.07) is 9.52. The molecule has 1 fully saturated rings. The quantitative estimate of drug-likeness (QED) is 0.841. The van der Waals surface area contributed by atoms with Crippen LogP contribution < -0.4 is 10.5 Å². The smallest absolute Gasteiger partial charge is 0.137 e. The largest absolute Gasteiger partial charge is 0.489 e. The van der Waals surface area contributed by atoms with E-state index in [0.717, 1.165) is 12.8 Å². The van der Waals surface area contributed by atoms with Crippen LogP contribution in [0.3, 0.4) is 0 Å². The summed E-state index contributed by atoms with van der Waals surface area (Å²) in [5.74, 6) is 1.13. The molecule has 2 unspecified atom stereocenters. The molecular weight excluding hydrogens is 200 g/mol. The molecule has 0 spiro atoms. The van der Waals surface area contributed by atoms with Crippen molar-refractivity contribution in [3.05, 3.63) is 29.8 Å². The van der Waals surface area contributed by atoms with E-state index in [1.807, 2.05) is 18.2 Å². The highest BCUT2D eigenvalue weighted by Gasteiger charge is 2.28. The topological polar surface area (TPSA) is 59.0 Å². The number of ether oxygens (including phenoxy) is 1. The van der Waals surface area contributed by atoms with Crippen LogP contribution in [0.4, 0.5) is 0 Å². The van der Waals surface area contributed by atoms with Crippen LogP contribution in [0.5, 0.6) is 5.75 Å². The molecule has 0 amide bonds. The summed E-state index contributed by atoms with van der Waals surface area (Å²) in [5, 5.41) is 8.96. The first kappa shape index (κ1) is 11.0. The van der Waals surface area contributed by atoms with Crippen LogP contribution in [0.15, 0.2) is 24.3 Å². The summed E-state index contributed by atoms with van der Waals surface area (Å²) in [5.41, 5.74) is 6.31. The van der Waals surface area contributed by atoms with Gasteiger partial charge in [0.15, 0.2) is 0 Å². The third-order valence-corrected chi connectivity index (χ3v) is 3.18. The maximum Gasteiger partial charge on any atom is 0.137 e. The van der Waals surface area contributed by atoms with E-state index in [-0.39, 0.29) is 6.10 Å². The molecule has 1 aromatic rings. The molecule has 0 heterocycles. The predicted octanol–water partition coefficient (Wildman–Crippen LogP) is 2.06. The average Bonchev–Trinajstić information content (AvgIpc) is 2.77.